The third-order valence-corrected chi connectivity index (χ3v) is 4.88. The number of carbonyl (C=O) groups excluding carboxylic acids is 1. The van der Waals surface area contributed by atoms with E-state index in [1.165, 1.54) is 0 Å². The lowest BCUT2D eigenvalue weighted by Crippen LogP contribution is -2.22. The first-order chi connectivity index (χ1) is 12.0. The van der Waals surface area contributed by atoms with Crippen molar-refractivity contribution >= 4 is 15.7 Å². The second kappa shape index (κ2) is 9.40. The lowest BCUT2D eigenvalue weighted by atomic mass is 9.83. The molecule has 1 atom stereocenters. The van der Waals surface area contributed by atoms with Crippen molar-refractivity contribution in [2.75, 3.05) is 12.2 Å². The number of benzene rings is 1. The van der Waals surface area contributed by atoms with Gasteiger partial charge in [-0.05, 0) is 29.0 Å². The molecule has 1 unspecified atom stereocenters. The average molecular weight is 384 g/mol. The summed E-state index contributed by atoms with van der Waals surface area (Å²) in [4.78, 5) is 12.0. The Balaban J connectivity index is 3.15. The minimum Gasteiger partial charge on any atom is -0.477 e. The molecule has 1 rings (SSSR count). The Morgan fingerprint density at radius 2 is 1.85 bits per heavy atom. The molecule has 2 N–H and O–H groups in total. The van der Waals surface area contributed by atoms with Gasteiger partial charge in [-0.1, -0.05) is 65.5 Å². The normalized spacial score (nSPS) is 13.4. The Labute approximate surface area is 158 Å². The molecule has 0 aliphatic rings. The van der Waals surface area contributed by atoms with Gasteiger partial charge in [0.25, 0.3) is 0 Å². The summed E-state index contributed by atoms with van der Waals surface area (Å²) in [6.07, 6.45) is 6.09. The van der Waals surface area contributed by atoms with E-state index in [0.717, 1.165) is 43.1 Å². The van der Waals surface area contributed by atoms with E-state index in [1.54, 1.807) is 6.07 Å². The van der Waals surface area contributed by atoms with Crippen LogP contribution >= 0.6 is 0 Å². The van der Waals surface area contributed by atoms with Crippen LogP contribution in [0.1, 0.15) is 76.8 Å². The van der Waals surface area contributed by atoms with Gasteiger partial charge in [0.1, 0.15) is 5.75 Å². The zero-order valence-corrected chi connectivity index (χ0v) is 17.5. The molecule has 1 aromatic carbocycles. The summed E-state index contributed by atoms with van der Waals surface area (Å²) < 4.78 is 28.6. The SMILES string of the molecule is CCCCCCC(C(N)=O)c1ccc(C(C)(C)C)c(OCS(C)(=O)=O)c1. The first-order valence-electron chi connectivity index (χ1n) is 9.20. The molecule has 0 radical (unpaired) electrons. The van der Waals surface area contributed by atoms with Crippen LogP contribution < -0.4 is 10.5 Å². The second-order valence-corrected chi connectivity index (χ2v) is 10.1. The Bertz CT molecular complexity index is 705. The summed E-state index contributed by atoms with van der Waals surface area (Å²) in [5.74, 6) is -0.641. The molecule has 26 heavy (non-hydrogen) atoms. The van der Waals surface area contributed by atoms with E-state index in [2.05, 4.69) is 6.92 Å². The van der Waals surface area contributed by atoms with Crippen molar-refractivity contribution < 1.29 is 17.9 Å². The maximum absolute atomic E-state index is 12.0. The fraction of sp³-hybridized carbons (Fsp3) is 0.650. The topological polar surface area (TPSA) is 86.5 Å². The summed E-state index contributed by atoms with van der Waals surface area (Å²) >= 11 is 0. The van der Waals surface area contributed by atoms with Crippen molar-refractivity contribution in [1.82, 2.24) is 0 Å². The molecule has 0 saturated heterocycles. The number of rotatable bonds is 10. The number of nitrogens with two attached hydrogens (primary N) is 1. The first-order valence-corrected chi connectivity index (χ1v) is 11.3. The highest BCUT2D eigenvalue weighted by Crippen LogP contribution is 2.35. The lowest BCUT2D eigenvalue weighted by Gasteiger charge is -2.24. The summed E-state index contributed by atoms with van der Waals surface area (Å²) in [7, 11) is -3.27. The molecule has 0 fully saturated rings. The monoisotopic (exact) mass is 383 g/mol. The van der Waals surface area contributed by atoms with Crippen molar-refractivity contribution in [3.63, 3.8) is 0 Å². The molecule has 0 bridgehead atoms. The minimum absolute atomic E-state index is 0.214. The third-order valence-electron chi connectivity index (χ3n) is 4.33. The van der Waals surface area contributed by atoms with E-state index in [-0.39, 0.29) is 17.2 Å². The molecular weight excluding hydrogens is 350 g/mol. The zero-order chi connectivity index (χ0) is 20.0. The average Bonchev–Trinajstić information content (AvgIpc) is 2.50. The van der Waals surface area contributed by atoms with Crippen molar-refractivity contribution in [3.8, 4) is 5.75 Å². The number of ether oxygens (including phenoxy) is 1. The van der Waals surface area contributed by atoms with E-state index in [4.69, 9.17) is 10.5 Å². The highest BCUT2D eigenvalue weighted by atomic mass is 32.2. The van der Waals surface area contributed by atoms with Crippen molar-refractivity contribution in [1.29, 1.82) is 0 Å². The van der Waals surface area contributed by atoms with Gasteiger partial charge in [0, 0.05) is 6.26 Å². The Morgan fingerprint density at radius 3 is 2.35 bits per heavy atom. The highest BCUT2D eigenvalue weighted by molar-refractivity contribution is 7.90. The van der Waals surface area contributed by atoms with Gasteiger partial charge in [-0.25, -0.2) is 8.42 Å². The maximum Gasteiger partial charge on any atom is 0.224 e. The van der Waals surface area contributed by atoms with Gasteiger partial charge in [0.15, 0.2) is 15.8 Å². The number of hydrogen-bond donors (Lipinski definition) is 1. The van der Waals surface area contributed by atoms with Crippen LogP contribution in [-0.2, 0) is 20.0 Å². The molecule has 0 aliphatic carbocycles. The smallest absolute Gasteiger partial charge is 0.224 e. The number of carbonyl (C=O) groups is 1. The maximum atomic E-state index is 12.0. The zero-order valence-electron chi connectivity index (χ0n) is 16.7. The third kappa shape index (κ3) is 7.36. The summed E-state index contributed by atoms with van der Waals surface area (Å²) in [6.45, 7) is 8.24. The van der Waals surface area contributed by atoms with Gasteiger partial charge in [-0.15, -0.1) is 0 Å². The fourth-order valence-corrected chi connectivity index (χ4v) is 3.25. The van der Waals surface area contributed by atoms with Gasteiger partial charge in [0.2, 0.25) is 5.91 Å². The molecule has 5 nitrogen and oxygen atoms in total. The molecule has 148 valence electrons. The number of sulfone groups is 1. The quantitative estimate of drug-likeness (QED) is 0.621. The number of hydrogen-bond acceptors (Lipinski definition) is 4. The van der Waals surface area contributed by atoms with Gasteiger partial charge in [0.05, 0.1) is 5.92 Å². The number of unbranched alkanes of at least 4 members (excludes halogenated alkanes) is 3. The minimum atomic E-state index is -3.27. The molecule has 0 aromatic heterocycles. The molecule has 0 spiro atoms. The van der Waals surface area contributed by atoms with Crippen LogP contribution in [-0.4, -0.2) is 26.5 Å². The first kappa shape index (κ1) is 22.5. The van der Waals surface area contributed by atoms with Crippen LogP contribution in [0.3, 0.4) is 0 Å². The molecule has 0 heterocycles. The van der Waals surface area contributed by atoms with Gasteiger partial charge in [-0.2, -0.15) is 0 Å². The Hall–Kier alpha value is -1.56. The van der Waals surface area contributed by atoms with Crippen LogP contribution in [0.15, 0.2) is 18.2 Å². The number of primary amides is 1. The van der Waals surface area contributed by atoms with E-state index in [9.17, 15) is 13.2 Å². The molecule has 6 heteroatoms. The highest BCUT2D eigenvalue weighted by Gasteiger charge is 2.24. The fourth-order valence-electron chi connectivity index (χ4n) is 2.91. The lowest BCUT2D eigenvalue weighted by molar-refractivity contribution is -0.119. The van der Waals surface area contributed by atoms with Crippen LogP contribution in [0.25, 0.3) is 0 Å². The standard InChI is InChI=1S/C20H33NO4S/c1-6-7-8-9-10-16(19(21)22)15-11-12-17(20(2,3)4)18(13-15)25-14-26(5,23)24/h11-13,16H,6-10,14H2,1-5H3,(H2,21,22). The molecular formula is C20H33NO4S. The van der Waals surface area contributed by atoms with Crippen molar-refractivity contribution in [2.45, 2.75) is 71.1 Å². The van der Waals surface area contributed by atoms with Crippen LogP contribution in [0.5, 0.6) is 5.75 Å². The Kier molecular flexibility index (Phi) is 8.13. The summed E-state index contributed by atoms with van der Waals surface area (Å²) in [6, 6.07) is 5.60. The van der Waals surface area contributed by atoms with Crippen molar-refractivity contribution in [3.05, 3.63) is 29.3 Å². The van der Waals surface area contributed by atoms with Gasteiger partial charge in [-0.3, -0.25) is 4.79 Å². The molecule has 1 aromatic rings. The van der Waals surface area contributed by atoms with Crippen LogP contribution in [0.4, 0.5) is 0 Å². The molecule has 0 saturated carbocycles. The predicted molar refractivity (Wildman–Crippen MR) is 106 cm³/mol. The molecule has 0 aliphatic heterocycles. The second-order valence-electron chi connectivity index (χ2n) is 8.00. The van der Waals surface area contributed by atoms with Crippen molar-refractivity contribution in [2.24, 2.45) is 5.73 Å². The Morgan fingerprint density at radius 1 is 1.19 bits per heavy atom. The number of amides is 1. The summed E-state index contributed by atoms with van der Waals surface area (Å²) in [5.41, 5.74) is 7.10. The molecule has 1 amide bonds. The van der Waals surface area contributed by atoms with E-state index in [1.807, 2.05) is 32.9 Å². The van der Waals surface area contributed by atoms with E-state index < -0.39 is 15.8 Å². The largest absolute Gasteiger partial charge is 0.477 e. The summed E-state index contributed by atoms with van der Waals surface area (Å²) in [5, 5.41) is 0. The predicted octanol–water partition coefficient (Wildman–Crippen LogP) is 3.90. The van der Waals surface area contributed by atoms with Gasteiger partial charge < -0.3 is 10.5 Å². The van der Waals surface area contributed by atoms with E-state index in [0.29, 0.717) is 12.2 Å². The van der Waals surface area contributed by atoms with Gasteiger partial charge >= 0.3 is 0 Å². The van der Waals surface area contributed by atoms with E-state index >= 15 is 0 Å². The van der Waals surface area contributed by atoms with Crippen LogP contribution in [0.2, 0.25) is 0 Å². The van der Waals surface area contributed by atoms with Crippen LogP contribution in [0, 0.1) is 0 Å².